The lowest BCUT2D eigenvalue weighted by molar-refractivity contribution is 0.0219. The highest BCUT2D eigenvalue weighted by Crippen LogP contribution is 2.35. The Hall–Kier alpha value is -0.860. The first-order chi connectivity index (χ1) is 10.3. The quantitative estimate of drug-likeness (QED) is 0.899. The molecule has 1 N–H and O–H groups in total. The first-order valence-corrected chi connectivity index (χ1v) is 8.63. The van der Waals surface area contributed by atoms with Crippen LogP contribution in [0.4, 0.5) is 0 Å². The van der Waals surface area contributed by atoms with Crippen LogP contribution in [-0.4, -0.2) is 25.8 Å². The van der Waals surface area contributed by atoms with E-state index in [1.165, 1.54) is 44.1 Å². The van der Waals surface area contributed by atoms with E-state index in [0.717, 1.165) is 19.8 Å². The van der Waals surface area contributed by atoms with Gasteiger partial charge in [-0.15, -0.1) is 0 Å². The molecular weight excluding hydrogens is 258 g/mol. The highest BCUT2D eigenvalue weighted by atomic mass is 16.5. The van der Waals surface area contributed by atoms with Gasteiger partial charge in [0.05, 0.1) is 0 Å². The molecule has 2 unspecified atom stereocenters. The highest BCUT2D eigenvalue weighted by Gasteiger charge is 2.31. The third-order valence-corrected chi connectivity index (χ3v) is 5.48. The van der Waals surface area contributed by atoms with Crippen molar-refractivity contribution in [2.75, 3.05) is 19.8 Å². The maximum Gasteiger partial charge on any atom is 0.0471 e. The van der Waals surface area contributed by atoms with Crippen molar-refractivity contribution < 1.29 is 4.74 Å². The molecule has 116 valence electrons. The van der Waals surface area contributed by atoms with E-state index in [4.69, 9.17) is 4.74 Å². The van der Waals surface area contributed by atoms with E-state index in [2.05, 4.69) is 42.6 Å². The molecule has 0 bridgehead atoms. The first-order valence-electron chi connectivity index (χ1n) is 8.63. The third-order valence-electron chi connectivity index (χ3n) is 5.48. The smallest absolute Gasteiger partial charge is 0.0471 e. The molecule has 2 nitrogen and oxygen atoms in total. The zero-order valence-electron chi connectivity index (χ0n) is 13.3. The monoisotopic (exact) mass is 287 g/mol. The zero-order valence-corrected chi connectivity index (χ0v) is 13.3. The molecule has 2 fully saturated rings. The molecule has 1 aromatic rings. The minimum absolute atomic E-state index is 0.428. The number of hydrogen-bond acceptors (Lipinski definition) is 2. The second-order valence-electron chi connectivity index (χ2n) is 7.21. The first kappa shape index (κ1) is 15.1. The average Bonchev–Trinajstić information content (AvgIpc) is 2.55. The van der Waals surface area contributed by atoms with Gasteiger partial charge in [-0.05, 0) is 42.6 Å². The van der Waals surface area contributed by atoms with Gasteiger partial charge in [-0.3, -0.25) is 0 Å². The summed E-state index contributed by atoms with van der Waals surface area (Å²) in [6.45, 7) is 5.43. The van der Waals surface area contributed by atoms with Gasteiger partial charge in [0.25, 0.3) is 0 Å². The van der Waals surface area contributed by atoms with Crippen molar-refractivity contribution in [2.45, 2.75) is 57.4 Å². The molecule has 1 saturated carbocycles. The molecule has 2 heteroatoms. The Morgan fingerprint density at radius 3 is 2.57 bits per heavy atom. The largest absolute Gasteiger partial charge is 0.381 e. The van der Waals surface area contributed by atoms with E-state index >= 15 is 0 Å². The van der Waals surface area contributed by atoms with Crippen LogP contribution in [0.25, 0.3) is 0 Å². The van der Waals surface area contributed by atoms with Crippen LogP contribution < -0.4 is 5.32 Å². The van der Waals surface area contributed by atoms with Gasteiger partial charge in [-0.25, -0.2) is 0 Å². The molecule has 0 radical (unpaired) electrons. The molecular formula is C19H29NO. The second kappa shape index (κ2) is 6.93. The van der Waals surface area contributed by atoms with E-state index < -0.39 is 0 Å². The molecule has 0 spiro atoms. The van der Waals surface area contributed by atoms with Crippen molar-refractivity contribution in [3.8, 4) is 0 Å². The molecule has 2 aliphatic rings. The molecule has 0 amide bonds. The minimum atomic E-state index is 0.428. The van der Waals surface area contributed by atoms with Gasteiger partial charge in [0.2, 0.25) is 0 Å². The molecule has 1 heterocycles. The lowest BCUT2D eigenvalue weighted by atomic mass is 9.78. The van der Waals surface area contributed by atoms with Gasteiger partial charge in [-0.1, -0.05) is 50.1 Å². The Balaban J connectivity index is 1.62. The molecule has 1 aliphatic heterocycles. The van der Waals surface area contributed by atoms with Gasteiger partial charge in [-0.2, -0.15) is 0 Å². The number of rotatable bonds is 4. The Morgan fingerprint density at radius 2 is 1.81 bits per heavy atom. The fourth-order valence-electron chi connectivity index (χ4n) is 3.89. The summed E-state index contributed by atoms with van der Waals surface area (Å²) < 4.78 is 5.52. The predicted octanol–water partition coefficient (Wildman–Crippen LogP) is 4.12. The van der Waals surface area contributed by atoms with Crippen molar-refractivity contribution in [2.24, 2.45) is 5.41 Å². The fraction of sp³-hybridized carbons (Fsp3) is 0.684. The summed E-state index contributed by atoms with van der Waals surface area (Å²) in [7, 11) is 0. The van der Waals surface area contributed by atoms with Crippen LogP contribution in [0.5, 0.6) is 0 Å². The molecule has 1 aromatic carbocycles. The van der Waals surface area contributed by atoms with Crippen molar-refractivity contribution in [1.82, 2.24) is 5.32 Å². The van der Waals surface area contributed by atoms with E-state index in [1.807, 2.05) is 0 Å². The number of benzene rings is 1. The second-order valence-corrected chi connectivity index (χ2v) is 7.21. The molecule has 3 rings (SSSR count). The van der Waals surface area contributed by atoms with Crippen molar-refractivity contribution >= 4 is 0 Å². The average molecular weight is 287 g/mol. The van der Waals surface area contributed by atoms with Crippen molar-refractivity contribution in [3.05, 3.63) is 35.9 Å². The Bertz CT molecular complexity index is 424. The fourth-order valence-corrected chi connectivity index (χ4v) is 3.89. The summed E-state index contributed by atoms with van der Waals surface area (Å²) >= 11 is 0. The summed E-state index contributed by atoms with van der Waals surface area (Å²) in [5, 5.41) is 3.92. The Kier molecular flexibility index (Phi) is 4.97. The molecule has 21 heavy (non-hydrogen) atoms. The van der Waals surface area contributed by atoms with Crippen LogP contribution in [0.15, 0.2) is 30.3 Å². The van der Waals surface area contributed by atoms with Crippen molar-refractivity contribution in [1.29, 1.82) is 0 Å². The lowest BCUT2D eigenvalue weighted by Gasteiger charge is -2.38. The lowest BCUT2D eigenvalue weighted by Crippen LogP contribution is -2.44. The maximum absolute atomic E-state index is 5.52. The van der Waals surface area contributed by atoms with Crippen LogP contribution in [0.1, 0.15) is 56.9 Å². The summed E-state index contributed by atoms with van der Waals surface area (Å²) in [6, 6.07) is 11.8. The Labute approximate surface area is 129 Å². The normalized spacial score (nSPS) is 29.2. The SMILES string of the molecule is CC1(CNC2CCCCC2c2ccccc2)CCOCC1. The standard InChI is InChI=1S/C19H29NO/c1-19(11-13-21-14-12-19)15-20-18-10-6-5-9-17(18)16-7-3-2-4-8-16/h2-4,7-8,17-18,20H,5-6,9-15H2,1H3. The van der Waals surface area contributed by atoms with Gasteiger partial charge >= 0.3 is 0 Å². The number of hydrogen-bond donors (Lipinski definition) is 1. The summed E-state index contributed by atoms with van der Waals surface area (Å²) in [6.07, 6.45) is 7.81. The van der Waals surface area contributed by atoms with E-state index in [-0.39, 0.29) is 0 Å². The van der Waals surface area contributed by atoms with Crippen LogP contribution in [-0.2, 0) is 4.74 Å². The Morgan fingerprint density at radius 1 is 1.10 bits per heavy atom. The van der Waals surface area contributed by atoms with Gasteiger partial charge in [0.15, 0.2) is 0 Å². The van der Waals surface area contributed by atoms with Gasteiger partial charge in [0.1, 0.15) is 0 Å². The summed E-state index contributed by atoms with van der Waals surface area (Å²) in [4.78, 5) is 0. The van der Waals surface area contributed by atoms with Crippen LogP contribution in [0.3, 0.4) is 0 Å². The van der Waals surface area contributed by atoms with E-state index in [9.17, 15) is 0 Å². The highest BCUT2D eigenvalue weighted by molar-refractivity contribution is 5.22. The topological polar surface area (TPSA) is 21.3 Å². The molecule has 1 saturated heterocycles. The molecule has 1 aliphatic carbocycles. The van der Waals surface area contributed by atoms with E-state index in [0.29, 0.717) is 17.4 Å². The molecule has 2 atom stereocenters. The minimum Gasteiger partial charge on any atom is -0.381 e. The van der Waals surface area contributed by atoms with Crippen LogP contribution in [0, 0.1) is 5.41 Å². The summed E-state index contributed by atoms with van der Waals surface area (Å²) in [5.74, 6) is 0.698. The zero-order chi connectivity index (χ0) is 14.5. The number of nitrogens with one attached hydrogen (secondary N) is 1. The third kappa shape index (κ3) is 3.87. The van der Waals surface area contributed by atoms with Gasteiger partial charge in [0, 0.05) is 25.8 Å². The van der Waals surface area contributed by atoms with Crippen LogP contribution >= 0.6 is 0 Å². The predicted molar refractivity (Wildman–Crippen MR) is 87.6 cm³/mol. The summed E-state index contributed by atoms with van der Waals surface area (Å²) in [5.41, 5.74) is 1.95. The maximum atomic E-state index is 5.52. The van der Waals surface area contributed by atoms with E-state index in [1.54, 1.807) is 0 Å². The van der Waals surface area contributed by atoms with Crippen molar-refractivity contribution in [3.63, 3.8) is 0 Å². The van der Waals surface area contributed by atoms with Gasteiger partial charge < -0.3 is 10.1 Å². The van der Waals surface area contributed by atoms with Crippen LogP contribution in [0.2, 0.25) is 0 Å². The number of ether oxygens (including phenoxy) is 1. The molecule has 0 aromatic heterocycles.